The number of aromatic nitrogens is 1. The summed E-state index contributed by atoms with van der Waals surface area (Å²) in [7, 11) is 2.03. The zero-order valence-electron chi connectivity index (χ0n) is 10.6. The first kappa shape index (κ1) is 14.4. The van der Waals surface area contributed by atoms with E-state index in [0.29, 0.717) is 6.04 Å². The number of nitrogens with zero attached hydrogens (tertiary/aromatic N) is 2. The van der Waals surface area contributed by atoms with E-state index in [-0.39, 0.29) is 12.4 Å². The van der Waals surface area contributed by atoms with Crippen LogP contribution in [0.3, 0.4) is 0 Å². The second-order valence-corrected chi connectivity index (χ2v) is 4.63. The summed E-state index contributed by atoms with van der Waals surface area (Å²) in [6, 6.07) is 2.79. The molecule has 1 aromatic heterocycles. The summed E-state index contributed by atoms with van der Waals surface area (Å²) in [4.78, 5) is 6.79. The van der Waals surface area contributed by atoms with Gasteiger partial charge in [-0.1, -0.05) is 0 Å². The molecule has 1 aliphatic heterocycles. The van der Waals surface area contributed by atoms with Gasteiger partial charge < -0.3 is 5.32 Å². The van der Waals surface area contributed by atoms with E-state index in [1.165, 1.54) is 30.5 Å². The Bertz CT molecular complexity index is 343. The largest absolute Gasteiger partial charge is 0.318 e. The van der Waals surface area contributed by atoms with E-state index >= 15 is 0 Å². The van der Waals surface area contributed by atoms with Gasteiger partial charge in [-0.05, 0) is 50.6 Å². The molecule has 0 aliphatic carbocycles. The first-order valence-electron chi connectivity index (χ1n) is 6.09. The molecule has 2 rings (SSSR count). The van der Waals surface area contributed by atoms with Crippen LogP contribution >= 0.6 is 12.4 Å². The van der Waals surface area contributed by atoms with Crippen LogP contribution in [0.15, 0.2) is 18.5 Å². The van der Waals surface area contributed by atoms with Crippen molar-refractivity contribution < 1.29 is 0 Å². The zero-order valence-corrected chi connectivity index (χ0v) is 11.5. The van der Waals surface area contributed by atoms with Crippen LogP contribution < -0.4 is 5.32 Å². The third kappa shape index (κ3) is 3.66. The molecule has 0 spiro atoms. The highest BCUT2D eigenvalue weighted by Gasteiger charge is 2.23. The van der Waals surface area contributed by atoms with Gasteiger partial charge in [0.1, 0.15) is 0 Å². The topological polar surface area (TPSA) is 28.2 Å². The van der Waals surface area contributed by atoms with Crippen molar-refractivity contribution in [1.82, 2.24) is 15.2 Å². The lowest BCUT2D eigenvalue weighted by Gasteiger charge is -2.24. The van der Waals surface area contributed by atoms with Crippen molar-refractivity contribution in [1.29, 1.82) is 0 Å². The highest BCUT2D eigenvalue weighted by atomic mass is 35.5. The van der Waals surface area contributed by atoms with Crippen molar-refractivity contribution in [3.05, 3.63) is 29.6 Å². The van der Waals surface area contributed by atoms with Gasteiger partial charge in [-0.15, -0.1) is 12.4 Å². The number of likely N-dealkylation sites (tertiary alicyclic amines) is 1. The average Bonchev–Trinajstić information content (AvgIpc) is 2.70. The molecular weight excluding hydrogens is 234 g/mol. The van der Waals surface area contributed by atoms with Gasteiger partial charge in [0, 0.05) is 31.5 Å². The second-order valence-electron chi connectivity index (χ2n) is 4.63. The average molecular weight is 256 g/mol. The van der Waals surface area contributed by atoms with Gasteiger partial charge in [0.25, 0.3) is 0 Å². The van der Waals surface area contributed by atoms with Gasteiger partial charge in [-0.2, -0.15) is 0 Å². The second kappa shape index (κ2) is 6.94. The summed E-state index contributed by atoms with van der Waals surface area (Å²) in [5.41, 5.74) is 2.72. The molecule has 17 heavy (non-hydrogen) atoms. The maximum absolute atomic E-state index is 4.22. The van der Waals surface area contributed by atoms with E-state index in [2.05, 4.69) is 28.2 Å². The minimum atomic E-state index is 0. The Morgan fingerprint density at radius 3 is 3.06 bits per heavy atom. The first-order chi connectivity index (χ1) is 7.81. The Kier molecular flexibility index (Phi) is 5.89. The molecule has 1 aliphatic rings. The Morgan fingerprint density at radius 1 is 1.53 bits per heavy atom. The van der Waals surface area contributed by atoms with Crippen molar-refractivity contribution in [2.75, 3.05) is 20.1 Å². The molecule has 0 radical (unpaired) electrons. The number of nitrogens with one attached hydrogen (secondary N) is 1. The summed E-state index contributed by atoms with van der Waals surface area (Å²) >= 11 is 0. The van der Waals surface area contributed by atoms with Crippen molar-refractivity contribution in [3.8, 4) is 0 Å². The Morgan fingerprint density at radius 2 is 2.35 bits per heavy atom. The predicted octanol–water partition coefficient (Wildman–Crippen LogP) is 2.00. The molecule has 0 saturated carbocycles. The van der Waals surface area contributed by atoms with E-state index in [9.17, 15) is 0 Å². The standard InChI is InChI=1S/C13H21N3.ClH/c1-11-5-6-15-8-12(11)10-16-7-3-4-13(16)9-14-2;/h5-6,8,13-14H,3-4,7,9-10H2,1-2H3;1H. The monoisotopic (exact) mass is 255 g/mol. The molecule has 96 valence electrons. The van der Waals surface area contributed by atoms with Gasteiger partial charge in [0.05, 0.1) is 0 Å². The number of likely N-dealkylation sites (N-methyl/N-ethyl adjacent to an activating group) is 1. The smallest absolute Gasteiger partial charge is 0.0315 e. The molecule has 1 aromatic rings. The molecule has 2 heterocycles. The number of rotatable bonds is 4. The SMILES string of the molecule is CNCC1CCCN1Cc1cnccc1C.Cl. The first-order valence-corrected chi connectivity index (χ1v) is 6.09. The van der Waals surface area contributed by atoms with Crippen molar-refractivity contribution in [2.45, 2.75) is 32.4 Å². The van der Waals surface area contributed by atoms with Crippen molar-refractivity contribution >= 4 is 12.4 Å². The molecular formula is C13H22ClN3. The predicted molar refractivity (Wildman–Crippen MR) is 73.6 cm³/mol. The number of hydrogen-bond acceptors (Lipinski definition) is 3. The minimum Gasteiger partial charge on any atom is -0.318 e. The fourth-order valence-corrected chi connectivity index (χ4v) is 2.45. The lowest BCUT2D eigenvalue weighted by Crippen LogP contribution is -2.36. The fourth-order valence-electron chi connectivity index (χ4n) is 2.45. The number of halogens is 1. The lowest BCUT2D eigenvalue weighted by molar-refractivity contribution is 0.241. The van der Waals surface area contributed by atoms with Gasteiger partial charge in [-0.3, -0.25) is 9.88 Å². The van der Waals surface area contributed by atoms with Crippen LogP contribution in [0.4, 0.5) is 0 Å². The lowest BCUT2D eigenvalue weighted by atomic mass is 10.1. The third-order valence-corrected chi connectivity index (χ3v) is 3.46. The molecule has 1 unspecified atom stereocenters. The van der Waals surface area contributed by atoms with Crippen LogP contribution in [0.5, 0.6) is 0 Å². The number of aryl methyl sites for hydroxylation is 1. The van der Waals surface area contributed by atoms with Crippen LogP contribution in [-0.2, 0) is 6.54 Å². The molecule has 3 nitrogen and oxygen atoms in total. The summed E-state index contributed by atoms with van der Waals surface area (Å²) in [5.74, 6) is 0. The van der Waals surface area contributed by atoms with E-state index in [1.54, 1.807) is 0 Å². The maximum Gasteiger partial charge on any atom is 0.0315 e. The summed E-state index contributed by atoms with van der Waals surface area (Å²) in [6.45, 7) is 5.53. The molecule has 1 saturated heterocycles. The van der Waals surface area contributed by atoms with Gasteiger partial charge in [-0.25, -0.2) is 0 Å². The molecule has 0 aromatic carbocycles. The normalized spacial score (nSPS) is 20.2. The van der Waals surface area contributed by atoms with Gasteiger partial charge in [0.15, 0.2) is 0 Å². The van der Waals surface area contributed by atoms with Gasteiger partial charge >= 0.3 is 0 Å². The van der Waals surface area contributed by atoms with E-state index in [1.807, 2.05) is 19.4 Å². The van der Waals surface area contributed by atoms with Gasteiger partial charge in [0.2, 0.25) is 0 Å². The number of pyridine rings is 1. The molecule has 0 bridgehead atoms. The van der Waals surface area contributed by atoms with Crippen LogP contribution in [-0.4, -0.2) is 36.1 Å². The molecule has 1 fully saturated rings. The van der Waals surface area contributed by atoms with Crippen LogP contribution in [0.2, 0.25) is 0 Å². The van der Waals surface area contributed by atoms with E-state index < -0.39 is 0 Å². The zero-order chi connectivity index (χ0) is 11.4. The van der Waals surface area contributed by atoms with Crippen molar-refractivity contribution in [2.24, 2.45) is 0 Å². The van der Waals surface area contributed by atoms with Crippen LogP contribution in [0, 0.1) is 6.92 Å². The minimum absolute atomic E-state index is 0. The Hall–Kier alpha value is -0.640. The summed E-state index contributed by atoms with van der Waals surface area (Å²) in [5, 5.41) is 3.28. The molecule has 1 atom stereocenters. The fraction of sp³-hybridized carbons (Fsp3) is 0.615. The van der Waals surface area contributed by atoms with Crippen LogP contribution in [0.25, 0.3) is 0 Å². The Balaban J connectivity index is 0.00000144. The summed E-state index contributed by atoms with van der Waals surface area (Å²) < 4.78 is 0. The van der Waals surface area contributed by atoms with Crippen LogP contribution in [0.1, 0.15) is 24.0 Å². The maximum atomic E-state index is 4.22. The van der Waals surface area contributed by atoms with E-state index in [4.69, 9.17) is 0 Å². The molecule has 0 amide bonds. The molecule has 1 N–H and O–H groups in total. The summed E-state index contributed by atoms with van der Waals surface area (Å²) in [6.07, 6.45) is 6.52. The Labute approximate surface area is 110 Å². The highest BCUT2D eigenvalue weighted by molar-refractivity contribution is 5.85. The quantitative estimate of drug-likeness (QED) is 0.892. The van der Waals surface area contributed by atoms with E-state index in [0.717, 1.165) is 13.1 Å². The molecule has 4 heteroatoms. The third-order valence-electron chi connectivity index (χ3n) is 3.46. The van der Waals surface area contributed by atoms with Crippen molar-refractivity contribution in [3.63, 3.8) is 0 Å². The number of hydrogen-bond donors (Lipinski definition) is 1. The highest BCUT2D eigenvalue weighted by Crippen LogP contribution is 2.20.